The number of hydrogen-bond acceptors (Lipinski definition) is 4. The molecular formula is C14H19NO4S. The highest BCUT2D eigenvalue weighted by Crippen LogP contribution is 2.29. The first kappa shape index (κ1) is 13.7. The van der Waals surface area contributed by atoms with Gasteiger partial charge in [-0.2, -0.15) is 0 Å². The zero-order valence-corrected chi connectivity index (χ0v) is 12.1. The van der Waals surface area contributed by atoms with E-state index in [9.17, 15) is 13.2 Å². The Labute approximate surface area is 118 Å². The summed E-state index contributed by atoms with van der Waals surface area (Å²) in [6, 6.07) is 3.35. The predicted molar refractivity (Wildman–Crippen MR) is 73.7 cm³/mol. The maximum absolute atomic E-state index is 12.2. The molecule has 6 heteroatoms. The van der Waals surface area contributed by atoms with Crippen molar-refractivity contribution in [2.24, 2.45) is 5.92 Å². The van der Waals surface area contributed by atoms with E-state index in [0.717, 1.165) is 25.7 Å². The fourth-order valence-electron chi connectivity index (χ4n) is 2.99. The molecule has 1 saturated heterocycles. The first-order valence-corrected chi connectivity index (χ1v) is 8.80. The highest BCUT2D eigenvalue weighted by atomic mass is 32.2. The highest BCUT2D eigenvalue weighted by molar-refractivity contribution is 7.91. The molecule has 0 N–H and O–H groups in total. The van der Waals surface area contributed by atoms with Crippen molar-refractivity contribution >= 4 is 15.7 Å². The lowest BCUT2D eigenvalue weighted by Crippen LogP contribution is -2.58. The summed E-state index contributed by atoms with van der Waals surface area (Å²) in [4.78, 5) is 13.8. The predicted octanol–water partition coefficient (Wildman–Crippen LogP) is 1.60. The summed E-state index contributed by atoms with van der Waals surface area (Å²) in [7, 11) is -3.22. The minimum Gasteiger partial charge on any atom is -0.468 e. The number of amides is 1. The number of rotatable bonds is 4. The number of furan rings is 1. The van der Waals surface area contributed by atoms with Crippen LogP contribution in [0.5, 0.6) is 0 Å². The van der Waals surface area contributed by atoms with Crippen LogP contribution in [0.25, 0.3) is 0 Å². The average molecular weight is 297 g/mol. The Hall–Kier alpha value is -1.30. The number of sulfone groups is 1. The van der Waals surface area contributed by atoms with Gasteiger partial charge >= 0.3 is 0 Å². The zero-order valence-electron chi connectivity index (χ0n) is 11.3. The van der Waals surface area contributed by atoms with Crippen molar-refractivity contribution in [3.8, 4) is 0 Å². The van der Waals surface area contributed by atoms with E-state index in [2.05, 4.69) is 0 Å². The summed E-state index contributed by atoms with van der Waals surface area (Å²) in [6.07, 6.45) is 5.62. The number of likely N-dealkylation sites (tertiary alicyclic amines) is 1. The van der Waals surface area contributed by atoms with Gasteiger partial charge < -0.3 is 9.32 Å². The van der Waals surface area contributed by atoms with Gasteiger partial charge in [-0.05, 0) is 25.0 Å². The SMILES string of the molecule is O=C(C1CCCC1)N1CC(S(=O)(=O)Cc2ccco2)C1. The van der Waals surface area contributed by atoms with Crippen molar-refractivity contribution in [1.29, 1.82) is 0 Å². The second-order valence-electron chi connectivity index (χ2n) is 5.73. The minimum atomic E-state index is -3.22. The van der Waals surface area contributed by atoms with Crippen molar-refractivity contribution in [2.75, 3.05) is 13.1 Å². The second-order valence-corrected chi connectivity index (χ2v) is 8.01. The van der Waals surface area contributed by atoms with Gasteiger partial charge in [-0.3, -0.25) is 4.79 Å². The first-order valence-electron chi connectivity index (χ1n) is 7.09. The van der Waals surface area contributed by atoms with Gasteiger partial charge in [0.25, 0.3) is 0 Å². The Bertz CT molecular complexity index is 566. The van der Waals surface area contributed by atoms with Crippen LogP contribution in [0.4, 0.5) is 0 Å². The molecule has 20 heavy (non-hydrogen) atoms. The van der Waals surface area contributed by atoms with Crippen LogP contribution >= 0.6 is 0 Å². The summed E-state index contributed by atoms with van der Waals surface area (Å²) in [5, 5.41) is -0.432. The molecule has 1 amide bonds. The van der Waals surface area contributed by atoms with E-state index in [1.165, 1.54) is 6.26 Å². The zero-order chi connectivity index (χ0) is 14.2. The molecule has 0 bridgehead atoms. The maximum Gasteiger partial charge on any atom is 0.225 e. The summed E-state index contributed by atoms with van der Waals surface area (Å²) in [6.45, 7) is 0.691. The van der Waals surface area contributed by atoms with Crippen LogP contribution in [0.3, 0.4) is 0 Å². The molecule has 1 aromatic heterocycles. The van der Waals surface area contributed by atoms with Crippen LogP contribution in [0.1, 0.15) is 31.4 Å². The Morgan fingerprint density at radius 2 is 2.00 bits per heavy atom. The van der Waals surface area contributed by atoms with E-state index in [1.54, 1.807) is 17.0 Å². The van der Waals surface area contributed by atoms with Crippen LogP contribution in [0, 0.1) is 5.92 Å². The smallest absolute Gasteiger partial charge is 0.225 e. The molecular weight excluding hydrogens is 278 g/mol. The normalized spacial score (nSPS) is 21.1. The van der Waals surface area contributed by atoms with E-state index < -0.39 is 15.1 Å². The average Bonchev–Trinajstić information content (AvgIpc) is 2.96. The van der Waals surface area contributed by atoms with Crippen molar-refractivity contribution in [2.45, 2.75) is 36.7 Å². The Balaban J connectivity index is 1.55. The monoisotopic (exact) mass is 297 g/mol. The fourth-order valence-corrected chi connectivity index (χ4v) is 4.60. The second kappa shape index (κ2) is 5.24. The lowest BCUT2D eigenvalue weighted by molar-refractivity contribution is -0.138. The summed E-state index contributed by atoms with van der Waals surface area (Å²) < 4.78 is 29.4. The summed E-state index contributed by atoms with van der Waals surface area (Å²) >= 11 is 0. The lowest BCUT2D eigenvalue weighted by atomic mass is 10.0. The molecule has 0 radical (unpaired) electrons. The molecule has 2 fully saturated rings. The quantitative estimate of drug-likeness (QED) is 0.846. The molecule has 5 nitrogen and oxygen atoms in total. The van der Waals surface area contributed by atoms with Gasteiger partial charge in [0.15, 0.2) is 9.84 Å². The number of hydrogen-bond donors (Lipinski definition) is 0. The van der Waals surface area contributed by atoms with E-state index in [0.29, 0.717) is 18.8 Å². The minimum absolute atomic E-state index is 0.0733. The van der Waals surface area contributed by atoms with Crippen molar-refractivity contribution in [3.63, 3.8) is 0 Å². The lowest BCUT2D eigenvalue weighted by Gasteiger charge is -2.39. The molecule has 1 aromatic rings. The standard InChI is InChI=1S/C14H19NO4S/c16-14(11-4-1-2-5-11)15-8-13(9-15)20(17,18)10-12-6-3-7-19-12/h3,6-7,11,13H,1-2,4-5,8-10H2. The van der Waals surface area contributed by atoms with E-state index in [-0.39, 0.29) is 17.6 Å². The number of nitrogens with zero attached hydrogens (tertiary/aromatic N) is 1. The molecule has 0 spiro atoms. The van der Waals surface area contributed by atoms with Crippen molar-refractivity contribution in [3.05, 3.63) is 24.2 Å². The third kappa shape index (κ3) is 2.61. The molecule has 110 valence electrons. The molecule has 0 unspecified atom stereocenters. The molecule has 2 heterocycles. The molecule has 1 aliphatic carbocycles. The maximum atomic E-state index is 12.2. The van der Waals surface area contributed by atoms with Gasteiger partial charge in [0.1, 0.15) is 11.5 Å². The molecule has 0 aromatic carbocycles. The molecule has 2 aliphatic rings. The van der Waals surface area contributed by atoms with Gasteiger partial charge in [-0.25, -0.2) is 8.42 Å². The van der Waals surface area contributed by atoms with Crippen LogP contribution in [-0.2, 0) is 20.4 Å². The van der Waals surface area contributed by atoms with Gasteiger partial charge in [0.05, 0.1) is 11.5 Å². The van der Waals surface area contributed by atoms with Crippen molar-refractivity contribution in [1.82, 2.24) is 4.90 Å². The topological polar surface area (TPSA) is 67.6 Å². The van der Waals surface area contributed by atoms with Gasteiger partial charge in [-0.1, -0.05) is 12.8 Å². The number of carbonyl (C=O) groups excluding carboxylic acids is 1. The van der Waals surface area contributed by atoms with E-state index in [4.69, 9.17) is 4.42 Å². The molecule has 1 saturated carbocycles. The van der Waals surface area contributed by atoms with Crippen molar-refractivity contribution < 1.29 is 17.6 Å². The third-order valence-corrected chi connectivity index (χ3v) is 6.30. The number of carbonyl (C=O) groups is 1. The Morgan fingerprint density at radius 3 is 2.60 bits per heavy atom. The van der Waals surface area contributed by atoms with E-state index in [1.807, 2.05) is 0 Å². The largest absolute Gasteiger partial charge is 0.468 e. The highest BCUT2D eigenvalue weighted by Gasteiger charge is 2.42. The molecule has 1 aliphatic heterocycles. The summed E-state index contributed by atoms with van der Waals surface area (Å²) in [5.74, 6) is 0.664. The summed E-state index contributed by atoms with van der Waals surface area (Å²) in [5.41, 5.74) is 0. The molecule has 3 rings (SSSR count). The van der Waals surface area contributed by atoms with Gasteiger partial charge in [0.2, 0.25) is 5.91 Å². The van der Waals surface area contributed by atoms with E-state index >= 15 is 0 Å². The third-order valence-electron chi connectivity index (χ3n) is 4.30. The Morgan fingerprint density at radius 1 is 1.30 bits per heavy atom. The van der Waals surface area contributed by atoms with Gasteiger partial charge in [0, 0.05) is 19.0 Å². The first-order chi connectivity index (χ1) is 9.56. The van der Waals surface area contributed by atoms with Crippen LogP contribution in [0.15, 0.2) is 22.8 Å². The van der Waals surface area contributed by atoms with Crippen LogP contribution in [0.2, 0.25) is 0 Å². The van der Waals surface area contributed by atoms with Gasteiger partial charge in [-0.15, -0.1) is 0 Å². The van der Waals surface area contributed by atoms with Crippen LogP contribution in [-0.4, -0.2) is 37.6 Å². The van der Waals surface area contributed by atoms with Crippen LogP contribution < -0.4 is 0 Å². The fraction of sp³-hybridized carbons (Fsp3) is 0.643. The Kier molecular flexibility index (Phi) is 3.58. The molecule has 0 atom stereocenters.